The number of nitrogens with one attached hydrogen (secondary N) is 2. The number of anilines is 1. The Morgan fingerprint density at radius 2 is 1.69 bits per heavy atom. The molecule has 5 nitrogen and oxygen atoms in total. The van der Waals surface area contributed by atoms with Crippen molar-refractivity contribution >= 4 is 21.6 Å². The summed E-state index contributed by atoms with van der Waals surface area (Å²) in [6.07, 6.45) is 0. The summed E-state index contributed by atoms with van der Waals surface area (Å²) < 4.78 is 28.1. The van der Waals surface area contributed by atoms with E-state index in [1.54, 1.807) is 19.1 Å². The van der Waals surface area contributed by atoms with E-state index in [4.69, 9.17) is 0 Å². The normalized spacial score (nSPS) is 11.5. The second kappa shape index (κ2) is 7.91. The predicted octanol–water partition coefficient (Wildman–Crippen LogP) is 3.80. The number of benzene rings is 2. The van der Waals surface area contributed by atoms with Crippen LogP contribution in [-0.2, 0) is 10.0 Å². The van der Waals surface area contributed by atoms with E-state index in [0.29, 0.717) is 23.7 Å². The van der Waals surface area contributed by atoms with Gasteiger partial charge in [-0.25, -0.2) is 8.42 Å². The molecule has 2 aromatic carbocycles. The zero-order chi connectivity index (χ0) is 19.5. The summed E-state index contributed by atoms with van der Waals surface area (Å²) in [5, 5.41) is 2.83. The van der Waals surface area contributed by atoms with Crippen LogP contribution >= 0.6 is 0 Å². The molecule has 0 spiro atoms. The Morgan fingerprint density at radius 1 is 1.00 bits per heavy atom. The molecule has 6 heteroatoms. The van der Waals surface area contributed by atoms with E-state index >= 15 is 0 Å². The molecule has 0 saturated carbocycles. The van der Waals surface area contributed by atoms with Gasteiger partial charge in [-0.2, -0.15) is 0 Å². The number of carbonyl (C=O) groups is 1. The first kappa shape index (κ1) is 20.0. The molecule has 0 fully saturated rings. The quantitative estimate of drug-likeness (QED) is 0.807. The minimum atomic E-state index is -3.78. The number of aryl methyl sites for hydroxylation is 3. The first-order chi connectivity index (χ1) is 12.1. The van der Waals surface area contributed by atoms with Crippen molar-refractivity contribution < 1.29 is 13.2 Å². The zero-order valence-electron chi connectivity index (χ0n) is 15.9. The summed E-state index contributed by atoms with van der Waals surface area (Å²) in [5.41, 5.74) is 3.54. The van der Waals surface area contributed by atoms with Gasteiger partial charge < -0.3 is 5.32 Å². The summed E-state index contributed by atoms with van der Waals surface area (Å²) in [6.45, 7) is 10.1. The van der Waals surface area contributed by atoms with Gasteiger partial charge in [-0.3, -0.25) is 9.52 Å². The Bertz CT molecular complexity index is 919. The van der Waals surface area contributed by atoms with E-state index in [9.17, 15) is 13.2 Å². The van der Waals surface area contributed by atoms with Gasteiger partial charge in [0.1, 0.15) is 0 Å². The van der Waals surface area contributed by atoms with Crippen LogP contribution < -0.4 is 10.0 Å². The Kier molecular flexibility index (Phi) is 6.08. The van der Waals surface area contributed by atoms with Crippen molar-refractivity contribution in [2.45, 2.75) is 39.5 Å². The van der Waals surface area contributed by atoms with Crippen LogP contribution in [0.2, 0.25) is 0 Å². The maximum atomic E-state index is 12.7. The summed E-state index contributed by atoms with van der Waals surface area (Å²) in [5.74, 6) is 0.0529. The molecule has 0 aliphatic rings. The predicted molar refractivity (Wildman–Crippen MR) is 105 cm³/mol. The van der Waals surface area contributed by atoms with Gasteiger partial charge in [0.25, 0.3) is 15.9 Å². The molecule has 1 amide bonds. The molecular formula is C20H26N2O3S. The fraction of sp³-hybridized carbons (Fsp3) is 0.350. The maximum absolute atomic E-state index is 12.7. The molecule has 2 rings (SSSR count). The lowest BCUT2D eigenvalue weighted by atomic mass is 10.1. The maximum Gasteiger partial charge on any atom is 0.261 e. The summed E-state index contributed by atoms with van der Waals surface area (Å²) in [6, 6.07) is 10.1. The highest BCUT2D eigenvalue weighted by Crippen LogP contribution is 2.22. The molecule has 0 aliphatic carbocycles. The molecule has 0 heterocycles. The highest BCUT2D eigenvalue weighted by atomic mass is 32.2. The summed E-state index contributed by atoms with van der Waals surface area (Å²) in [4.78, 5) is 12.4. The lowest BCUT2D eigenvalue weighted by Gasteiger charge is -2.14. The van der Waals surface area contributed by atoms with Gasteiger partial charge in [0.15, 0.2) is 0 Å². The van der Waals surface area contributed by atoms with E-state index in [-0.39, 0.29) is 10.8 Å². The Balaban J connectivity index is 2.32. The largest absolute Gasteiger partial charge is 0.352 e. The molecule has 0 aromatic heterocycles. The van der Waals surface area contributed by atoms with E-state index in [2.05, 4.69) is 10.0 Å². The van der Waals surface area contributed by atoms with Crippen molar-refractivity contribution in [1.29, 1.82) is 0 Å². The zero-order valence-corrected chi connectivity index (χ0v) is 16.7. The second-order valence-electron chi connectivity index (χ2n) is 7.00. The highest BCUT2D eigenvalue weighted by Gasteiger charge is 2.19. The third kappa shape index (κ3) is 4.85. The van der Waals surface area contributed by atoms with Crippen molar-refractivity contribution in [2.24, 2.45) is 5.92 Å². The van der Waals surface area contributed by atoms with Gasteiger partial charge in [-0.05, 0) is 56.0 Å². The Morgan fingerprint density at radius 3 is 2.31 bits per heavy atom. The highest BCUT2D eigenvalue weighted by molar-refractivity contribution is 7.92. The Hall–Kier alpha value is -2.34. The van der Waals surface area contributed by atoms with Crippen LogP contribution in [0.1, 0.15) is 40.9 Å². The lowest BCUT2D eigenvalue weighted by Crippen LogP contribution is -2.28. The topological polar surface area (TPSA) is 75.3 Å². The van der Waals surface area contributed by atoms with Gasteiger partial charge in [-0.15, -0.1) is 0 Å². The van der Waals surface area contributed by atoms with Crippen molar-refractivity contribution in [3.8, 4) is 0 Å². The summed E-state index contributed by atoms with van der Waals surface area (Å²) in [7, 11) is -3.78. The number of sulfonamides is 1. The van der Waals surface area contributed by atoms with Gasteiger partial charge in [0, 0.05) is 12.1 Å². The van der Waals surface area contributed by atoms with Crippen LogP contribution in [0.4, 0.5) is 5.69 Å². The van der Waals surface area contributed by atoms with Crippen LogP contribution in [0.3, 0.4) is 0 Å². The van der Waals surface area contributed by atoms with Crippen LogP contribution in [0.15, 0.2) is 41.3 Å². The average Bonchev–Trinajstić information content (AvgIpc) is 2.55. The average molecular weight is 375 g/mol. The molecule has 0 saturated heterocycles. The van der Waals surface area contributed by atoms with Crippen LogP contribution in [-0.4, -0.2) is 20.9 Å². The number of hydrogen-bond donors (Lipinski definition) is 2. The third-order valence-corrected chi connectivity index (χ3v) is 5.42. The summed E-state index contributed by atoms with van der Waals surface area (Å²) >= 11 is 0. The van der Waals surface area contributed by atoms with E-state index in [1.165, 1.54) is 12.1 Å². The SMILES string of the molecule is Cc1ccc(NS(=O)(=O)c2ccc(C)c(C(=O)NCC(C)C)c2)c(C)c1. The first-order valence-electron chi connectivity index (χ1n) is 8.59. The lowest BCUT2D eigenvalue weighted by molar-refractivity contribution is 0.0948. The molecule has 140 valence electrons. The minimum absolute atomic E-state index is 0.0674. The van der Waals surface area contributed by atoms with Gasteiger partial charge in [0.05, 0.1) is 10.6 Å². The molecule has 0 atom stereocenters. The number of amides is 1. The van der Waals surface area contributed by atoms with Gasteiger partial charge in [0.2, 0.25) is 0 Å². The standard InChI is InChI=1S/C20H26N2O3S/c1-13(2)12-21-20(23)18-11-17(8-7-15(18)4)26(24,25)22-19-9-6-14(3)10-16(19)5/h6-11,13,22H,12H2,1-5H3,(H,21,23). The molecule has 0 radical (unpaired) electrons. The van der Waals surface area contributed by atoms with E-state index in [1.807, 2.05) is 39.8 Å². The van der Waals surface area contributed by atoms with Crippen LogP contribution in [0.25, 0.3) is 0 Å². The smallest absolute Gasteiger partial charge is 0.261 e. The molecule has 2 N–H and O–H groups in total. The molecule has 0 bridgehead atoms. The molecule has 0 aliphatic heterocycles. The number of rotatable bonds is 6. The van der Waals surface area contributed by atoms with Crippen molar-refractivity contribution in [3.63, 3.8) is 0 Å². The van der Waals surface area contributed by atoms with Gasteiger partial charge in [-0.1, -0.05) is 37.6 Å². The molecule has 0 unspecified atom stereocenters. The molecule has 2 aromatic rings. The van der Waals surface area contributed by atoms with Crippen LogP contribution in [0, 0.1) is 26.7 Å². The van der Waals surface area contributed by atoms with Crippen LogP contribution in [0.5, 0.6) is 0 Å². The van der Waals surface area contributed by atoms with E-state index in [0.717, 1.165) is 16.7 Å². The fourth-order valence-corrected chi connectivity index (χ4v) is 3.69. The van der Waals surface area contributed by atoms with Crippen molar-refractivity contribution in [3.05, 3.63) is 58.7 Å². The monoisotopic (exact) mass is 374 g/mol. The fourth-order valence-electron chi connectivity index (χ4n) is 2.54. The third-order valence-electron chi connectivity index (χ3n) is 4.06. The number of hydrogen-bond acceptors (Lipinski definition) is 3. The van der Waals surface area contributed by atoms with Crippen molar-refractivity contribution in [1.82, 2.24) is 5.32 Å². The number of carbonyl (C=O) groups excluding carboxylic acids is 1. The van der Waals surface area contributed by atoms with Gasteiger partial charge >= 0.3 is 0 Å². The first-order valence-corrected chi connectivity index (χ1v) is 10.1. The minimum Gasteiger partial charge on any atom is -0.352 e. The Labute approximate surface area is 155 Å². The molecular weight excluding hydrogens is 348 g/mol. The van der Waals surface area contributed by atoms with E-state index < -0.39 is 10.0 Å². The molecule has 26 heavy (non-hydrogen) atoms. The second-order valence-corrected chi connectivity index (χ2v) is 8.69. The van der Waals surface area contributed by atoms with Crippen molar-refractivity contribution in [2.75, 3.05) is 11.3 Å².